The summed E-state index contributed by atoms with van der Waals surface area (Å²) in [4.78, 5) is 6.59. The van der Waals surface area contributed by atoms with Crippen molar-refractivity contribution in [3.63, 3.8) is 0 Å². The molecule has 1 saturated heterocycles. The van der Waals surface area contributed by atoms with E-state index in [1.54, 1.807) is 0 Å². The zero-order valence-corrected chi connectivity index (χ0v) is 11.0. The Morgan fingerprint density at radius 1 is 1.53 bits per heavy atom. The van der Waals surface area contributed by atoms with Gasteiger partial charge in [-0.05, 0) is 12.0 Å². The molecule has 2 heterocycles. The van der Waals surface area contributed by atoms with Crippen LogP contribution in [-0.2, 0) is 13.5 Å². The van der Waals surface area contributed by atoms with E-state index in [2.05, 4.69) is 15.0 Å². The van der Waals surface area contributed by atoms with Crippen molar-refractivity contribution in [3.8, 4) is 0 Å². The van der Waals surface area contributed by atoms with Gasteiger partial charge in [0.05, 0.1) is 6.20 Å². The molecule has 0 aromatic carbocycles. The molecule has 2 N–H and O–H groups in total. The van der Waals surface area contributed by atoms with Crippen LogP contribution in [0.25, 0.3) is 0 Å². The molecule has 1 fully saturated rings. The summed E-state index contributed by atoms with van der Waals surface area (Å²) in [6.45, 7) is 2.78. The highest BCUT2D eigenvalue weighted by Gasteiger charge is 2.11. The highest BCUT2D eigenvalue weighted by Crippen LogP contribution is 2.08. The van der Waals surface area contributed by atoms with E-state index >= 15 is 0 Å². The minimum Gasteiger partial charge on any atom is -0.370 e. The van der Waals surface area contributed by atoms with E-state index in [0.717, 1.165) is 37.6 Å². The second kappa shape index (κ2) is 5.95. The maximum atomic E-state index is 5.96. The summed E-state index contributed by atoms with van der Waals surface area (Å²) >= 11 is 1.98. The summed E-state index contributed by atoms with van der Waals surface area (Å²) in [5.41, 5.74) is 7.17. The van der Waals surface area contributed by atoms with Gasteiger partial charge >= 0.3 is 0 Å². The molecular weight excluding hydrogens is 234 g/mol. The fourth-order valence-electron chi connectivity index (χ4n) is 1.79. The number of guanidine groups is 1. The molecule has 1 aromatic rings. The lowest BCUT2D eigenvalue weighted by Crippen LogP contribution is -2.42. The molecule has 6 heteroatoms. The van der Waals surface area contributed by atoms with Gasteiger partial charge in [-0.15, -0.1) is 0 Å². The Hall–Kier alpha value is -1.17. The van der Waals surface area contributed by atoms with E-state index in [-0.39, 0.29) is 0 Å². The first-order chi connectivity index (χ1) is 8.25. The van der Waals surface area contributed by atoms with Crippen LogP contribution >= 0.6 is 11.8 Å². The third-order valence-electron chi connectivity index (χ3n) is 2.77. The van der Waals surface area contributed by atoms with Crippen molar-refractivity contribution in [2.45, 2.75) is 6.42 Å². The number of thioether (sulfide) groups is 1. The maximum absolute atomic E-state index is 5.96. The summed E-state index contributed by atoms with van der Waals surface area (Å²) in [5, 5.41) is 4.13. The molecule has 0 unspecified atom stereocenters. The molecule has 1 aliphatic rings. The quantitative estimate of drug-likeness (QED) is 0.623. The van der Waals surface area contributed by atoms with Crippen molar-refractivity contribution < 1.29 is 0 Å². The first kappa shape index (κ1) is 12.3. The normalized spacial score (nSPS) is 17.5. The fourth-order valence-corrected chi connectivity index (χ4v) is 2.70. The molecule has 94 valence electrons. The predicted octanol–water partition coefficient (Wildman–Crippen LogP) is 0.326. The highest BCUT2D eigenvalue weighted by molar-refractivity contribution is 7.99. The zero-order valence-electron chi connectivity index (χ0n) is 10.2. The van der Waals surface area contributed by atoms with Crippen LogP contribution in [-0.4, -0.2) is 51.8 Å². The maximum Gasteiger partial charge on any atom is 0.191 e. The van der Waals surface area contributed by atoms with Gasteiger partial charge in [0.1, 0.15) is 0 Å². The van der Waals surface area contributed by atoms with Gasteiger partial charge in [0.15, 0.2) is 5.96 Å². The van der Waals surface area contributed by atoms with E-state index in [1.807, 2.05) is 35.9 Å². The van der Waals surface area contributed by atoms with Crippen LogP contribution < -0.4 is 5.73 Å². The van der Waals surface area contributed by atoms with Gasteiger partial charge in [-0.3, -0.25) is 9.67 Å². The molecule has 0 atom stereocenters. The third-order valence-corrected chi connectivity index (χ3v) is 3.71. The summed E-state index contributed by atoms with van der Waals surface area (Å²) in [5.74, 6) is 2.99. The molecule has 2 rings (SSSR count). The lowest BCUT2D eigenvalue weighted by molar-refractivity contribution is 0.456. The summed E-state index contributed by atoms with van der Waals surface area (Å²) in [6, 6.07) is 0. The summed E-state index contributed by atoms with van der Waals surface area (Å²) in [6.07, 6.45) is 4.80. The first-order valence-corrected chi connectivity index (χ1v) is 7.01. The second-order valence-electron chi connectivity index (χ2n) is 4.11. The van der Waals surface area contributed by atoms with Gasteiger partial charge in [-0.25, -0.2) is 0 Å². The lowest BCUT2D eigenvalue weighted by Gasteiger charge is -2.27. The molecule has 5 nitrogen and oxygen atoms in total. The molecule has 0 saturated carbocycles. The SMILES string of the molecule is Cn1cc(CCN=C(N)N2CCSCC2)cn1. The Labute approximate surface area is 106 Å². The summed E-state index contributed by atoms with van der Waals surface area (Å²) in [7, 11) is 1.92. The van der Waals surface area contributed by atoms with Crippen LogP contribution in [0, 0.1) is 0 Å². The second-order valence-corrected chi connectivity index (χ2v) is 5.34. The Kier molecular flexibility index (Phi) is 4.30. The molecule has 0 aliphatic carbocycles. The molecule has 0 spiro atoms. The highest BCUT2D eigenvalue weighted by atomic mass is 32.2. The van der Waals surface area contributed by atoms with Crippen molar-refractivity contribution >= 4 is 17.7 Å². The van der Waals surface area contributed by atoms with Gasteiger partial charge < -0.3 is 10.6 Å². The molecule has 1 aliphatic heterocycles. The van der Waals surface area contributed by atoms with Crippen LogP contribution in [0.3, 0.4) is 0 Å². The number of nitrogens with two attached hydrogens (primary N) is 1. The van der Waals surface area contributed by atoms with Crippen molar-refractivity contribution in [1.82, 2.24) is 14.7 Å². The molecule has 1 aromatic heterocycles. The zero-order chi connectivity index (χ0) is 12.1. The van der Waals surface area contributed by atoms with Crippen LogP contribution in [0.5, 0.6) is 0 Å². The lowest BCUT2D eigenvalue weighted by atomic mass is 10.3. The van der Waals surface area contributed by atoms with E-state index in [1.165, 1.54) is 5.56 Å². The molecule has 0 amide bonds. The summed E-state index contributed by atoms with van der Waals surface area (Å²) < 4.78 is 1.81. The van der Waals surface area contributed by atoms with Crippen molar-refractivity contribution in [1.29, 1.82) is 0 Å². The Morgan fingerprint density at radius 2 is 2.29 bits per heavy atom. The Balaban J connectivity index is 1.79. The smallest absolute Gasteiger partial charge is 0.191 e. The first-order valence-electron chi connectivity index (χ1n) is 5.86. The van der Waals surface area contributed by atoms with Gasteiger partial charge in [0.25, 0.3) is 0 Å². The van der Waals surface area contributed by atoms with E-state index in [9.17, 15) is 0 Å². The van der Waals surface area contributed by atoms with Gasteiger partial charge in [0, 0.05) is 44.4 Å². The molecular formula is C11H19N5S. The van der Waals surface area contributed by atoms with Gasteiger partial charge in [-0.2, -0.15) is 16.9 Å². The largest absolute Gasteiger partial charge is 0.370 e. The van der Waals surface area contributed by atoms with Crippen LogP contribution in [0.15, 0.2) is 17.4 Å². The van der Waals surface area contributed by atoms with E-state index < -0.39 is 0 Å². The number of hydrogen-bond acceptors (Lipinski definition) is 3. The number of aliphatic imine (C=N–C) groups is 1. The monoisotopic (exact) mass is 253 g/mol. The molecule has 0 radical (unpaired) electrons. The standard InChI is InChI=1S/C11H19N5S/c1-15-9-10(8-14-15)2-3-13-11(12)16-4-6-17-7-5-16/h8-9H,2-7H2,1H3,(H2,12,13). The predicted molar refractivity (Wildman–Crippen MR) is 72.3 cm³/mol. The Bertz CT molecular complexity index is 381. The fraction of sp³-hybridized carbons (Fsp3) is 0.636. The van der Waals surface area contributed by atoms with Gasteiger partial charge in [-0.1, -0.05) is 0 Å². The average molecular weight is 253 g/mol. The topological polar surface area (TPSA) is 59.4 Å². The van der Waals surface area contributed by atoms with Gasteiger partial charge in [0.2, 0.25) is 0 Å². The van der Waals surface area contributed by atoms with E-state index in [0.29, 0.717) is 5.96 Å². The molecule has 17 heavy (non-hydrogen) atoms. The Morgan fingerprint density at radius 3 is 2.94 bits per heavy atom. The van der Waals surface area contributed by atoms with Crippen LogP contribution in [0.4, 0.5) is 0 Å². The minimum absolute atomic E-state index is 0.689. The number of nitrogens with zero attached hydrogens (tertiary/aromatic N) is 4. The van der Waals surface area contributed by atoms with E-state index in [4.69, 9.17) is 5.73 Å². The van der Waals surface area contributed by atoms with Crippen molar-refractivity contribution in [2.24, 2.45) is 17.8 Å². The third kappa shape index (κ3) is 3.66. The van der Waals surface area contributed by atoms with Crippen molar-refractivity contribution in [3.05, 3.63) is 18.0 Å². The average Bonchev–Trinajstić information content (AvgIpc) is 2.76. The number of hydrogen-bond donors (Lipinski definition) is 1. The van der Waals surface area contributed by atoms with Crippen LogP contribution in [0.1, 0.15) is 5.56 Å². The number of rotatable bonds is 3. The van der Waals surface area contributed by atoms with Crippen LogP contribution in [0.2, 0.25) is 0 Å². The molecule has 0 bridgehead atoms. The van der Waals surface area contributed by atoms with Crippen molar-refractivity contribution in [2.75, 3.05) is 31.1 Å². The minimum atomic E-state index is 0.689. The number of aromatic nitrogens is 2. The number of aryl methyl sites for hydroxylation is 1.